The molecule has 0 saturated heterocycles. The van der Waals surface area contributed by atoms with Crippen LogP contribution in [0, 0.1) is 0 Å². The SMILES string of the molecule is CC/C=C\C/C=C\C/C=C\C/C=C\C/C=C\CCCCCCCCCCCCCC(=O)OC(COC(=O)CCCCCCC/C=C\CCC)COC(=O)CCCCCCCCCCCCCCCCCCCCCCCCCCCCCC. The lowest BCUT2D eigenvalue weighted by atomic mass is 10.0. The van der Waals surface area contributed by atoms with Gasteiger partial charge in [-0.3, -0.25) is 14.4 Å². The first-order chi connectivity index (χ1) is 41.0. The van der Waals surface area contributed by atoms with Crippen molar-refractivity contribution >= 4 is 17.9 Å². The molecule has 6 heteroatoms. The van der Waals surface area contributed by atoms with Gasteiger partial charge in [-0.15, -0.1) is 0 Å². The molecule has 0 N–H and O–H groups in total. The lowest BCUT2D eigenvalue weighted by Gasteiger charge is -2.18. The first-order valence-corrected chi connectivity index (χ1v) is 36.4. The third-order valence-electron chi connectivity index (χ3n) is 16.2. The van der Waals surface area contributed by atoms with E-state index in [0.717, 1.165) is 103 Å². The topological polar surface area (TPSA) is 78.9 Å². The van der Waals surface area contributed by atoms with E-state index in [0.29, 0.717) is 19.3 Å². The van der Waals surface area contributed by atoms with E-state index in [4.69, 9.17) is 14.2 Å². The number of esters is 3. The van der Waals surface area contributed by atoms with Crippen molar-refractivity contribution in [3.05, 3.63) is 72.9 Å². The molecular weight excluding hydrogens is 1020 g/mol. The zero-order valence-corrected chi connectivity index (χ0v) is 55.5. The molecule has 6 nitrogen and oxygen atoms in total. The molecule has 0 fully saturated rings. The van der Waals surface area contributed by atoms with Crippen molar-refractivity contribution in [2.24, 2.45) is 0 Å². The summed E-state index contributed by atoms with van der Waals surface area (Å²) in [4.78, 5) is 38.4. The van der Waals surface area contributed by atoms with Crippen molar-refractivity contribution < 1.29 is 28.6 Å². The maximum atomic E-state index is 12.9. The van der Waals surface area contributed by atoms with Crippen molar-refractivity contribution in [1.82, 2.24) is 0 Å². The van der Waals surface area contributed by atoms with E-state index in [1.54, 1.807) is 0 Å². The molecule has 0 aromatic heterocycles. The monoisotopic (exact) mass is 1160 g/mol. The first-order valence-electron chi connectivity index (χ1n) is 36.4. The highest BCUT2D eigenvalue weighted by Gasteiger charge is 2.19. The van der Waals surface area contributed by atoms with Crippen molar-refractivity contribution in [2.45, 2.75) is 386 Å². The first kappa shape index (κ1) is 79.8. The van der Waals surface area contributed by atoms with E-state index in [1.807, 2.05) is 0 Å². The Bertz CT molecular complexity index is 1520. The van der Waals surface area contributed by atoms with E-state index in [9.17, 15) is 14.4 Å². The van der Waals surface area contributed by atoms with E-state index in [-0.39, 0.29) is 31.1 Å². The molecule has 0 amide bonds. The van der Waals surface area contributed by atoms with Crippen molar-refractivity contribution in [3.63, 3.8) is 0 Å². The molecule has 482 valence electrons. The van der Waals surface area contributed by atoms with Gasteiger partial charge in [0.05, 0.1) is 0 Å². The third kappa shape index (κ3) is 69.5. The van der Waals surface area contributed by atoms with Crippen LogP contribution in [0.1, 0.15) is 380 Å². The molecule has 83 heavy (non-hydrogen) atoms. The van der Waals surface area contributed by atoms with Gasteiger partial charge in [0.1, 0.15) is 13.2 Å². The fourth-order valence-electron chi connectivity index (χ4n) is 10.8. The summed E-state index contributed by atoms with van der Waals surface area (Å²) >= 11 is 0. The van der Waals surface area contributed by atoms with Gasteiger partial charge in [-0.2, -0.15) is 0 Å². The van der Waals surface area contributed by atoms with Crippen LogP contribution in [-0.4, -0.2) is 37.2 Å². The maximum absolute atomic E-state index is 12.9. The number of hydrogen-bond donors (Lipinski definition) is 0. The average Bonchev–Trinajstić information content (AvgIpc) is 3.48. The van der Waals surface area contributed by atoms with Gasteiger partial charge < -0.3 is 14.2 Å². The normalized spacial score (nSPS) is 12.5. The molecule has 0 aliphatic carbocycles. The summed E-state index contributed by atoms with van der Waals surface area (Å²) in [5, 5.41) is 0. The second-order valence-corrected chi connectivity index (χ2v) is 24.5. The molecule has 0 radical (unpaired) electrons. The maximum Gasteiger partial charge on any atom is 0.306 e. The molecule has 0 aromatic carbocycles. The number of rotatable bonds is 67. The van der Waals surface area contributed by atoms with Crippen molar-refractivity contribution in [3.8, 4) is 0 Å². The zero-order chi connectivity index (χ0) is 59.9. The second-order valence-electron chi connectivity index (χ2n) is 24.5. The predicted molar refractivity (Wildman–Crippen MR) is 362 cm³/mol. The molecular formula is C77H138O6. The minimum Gasteiger partial charge on any atom is -0.462 e. The molecule has 0 aliphatic heterocycles. The lowest BCUT2D eigenvalue weighted by Crippen LogP contribution is -2.30. The van der Waals surface area contributed by atoms with Gasteiger partial charge in [0.15, 0.2) is 6.10 Å². The summed E-state index contributed by atoms with van der Waals surface area (Å²) < 4.78 is 17.0. The molecule has 0 aromatic rings. The Morgan fingerprint density at radius 1 is 0.253 bits per heavy atom. The Balaban J connectivity index is 4.14. The van der Waals surface area contributed by atoms with Crippen molar-refractivity contribution in [1.29, 1.82) is 0 Å². The Hall–Kier alpha value is -3.15. The van der Waals surface area contributed by atoms with Gasteiger partial charge in [0, 0.05) is 19.3 Å². The minimum atomic E-state index is -0.780. The number of unbranched alkanes of at least 4 members (excludes halogenated alkanes) is 44. The van der Waals surface area contributed by atoms with Gasteiger partial charge in [-0.1, -0.05) is 351 Å². The van der Waals surface area contributed by atoms with E-state index in [1.165, 1.54) is 238 Å². The number of carbonyl (C=O) groups excluding carboxylic acids is 3. The summed E-state index contributed by atoms with van der Waals surface area (Å²) in [5.74, 6) is -0.869. The van der Waals surface area contributed by atoms with Crippen LogP contribution in [-0.2, 0) is 28.6 Å². The molecule has 0 saturated carbocycles. The van der Waals surface area contributed by atoms with Gasteiger partial charge >= 0.3 is 17.9 Å². The van der Waals surface area contributed by atoms with Crippen LogP contribution in [0.25, 0.3) is 0 Å². The molecule has 0 spiro atoms. The van der Waals surface area contributed by atoms with Crippen LogP contribution >= 0.6 is 0 Å². The Morgan fingerprint density at radius 3 is 0.795 bits per heavy atom. The molecule has 1 unspecified atom stereocenters. The van der Waals surface area contributed by atoms with Crippen LogP contribution in [0.2, 0.25) is 0 Å². The lowest BCUT2D eigenvalue weighted by molar-refractivity contribution is -0.167. The molecule has 0 rings (SSSR count). The standard InChI is InChI=1S/C77H138O6/c1-4-7-10-13-16-19-22-24-26-28-30-32-34-36-38-40-41-43-45-47-49-51-53-55-58-61-64-67-70-76(79)82-73-74(72-81-75(78)69-66-63-60-57-21-18-15-12-9-6-3)83-77(80)71-68-65-62-59-56-54-52-50-48-46-44-42-39-37-35-33-31-29-27-25-23-20-17-14-11-8-5-2/h8,11-12,15,17,20,25,27,31,33,37,39,74H,4-7,9-10,13-14,16,18-19,21-24,26,28-30,32,34-36,38,40-73H2,1-3H3/b11-8-,15-12-,20-17-,27-25-,33-31-,39-37-. The number of ether oxygens (including phenoxy) is 3. The van der Waals surface area contributed by atoms with Crippen LogP contribution in [0.4, 0.5) is 0 Å². The Morgan fingerprint density at radius 2 is 0.494 bits per heavy atom. The molecule has 0 bridgehead atoms. The van der Waals surface area contributed by atoms with Gasteiger partial charge in [-0.05, 0) is 83.5 Å². The minimum absolute atomic E-state index is 0.0750. The average molecular weight is 1160 g/mol. The summed E-state index contributed by atoms with van der Waals surface area (Å²) in [6.07, 6.45) is 93.9. The number of carbonyl (C=O) groups is 3. The summed E-state index contributed by atoms with van der Waals surface area (Å²) in [5.41, 5.74) is 0. The Kier molecular flexibility index (Phi) is 68.6. The summed E-state index contributed by atoms with van der Waals surface area (Å²) in [6.45, 7) is 6.51. The van der Waals surface area contributed by atoms with Crippen LogP contribution in [0.15, 0.2) is 72.9 Å². The van der Waals surface area contributed by atoms with Gasteiger partial charge in [0.25, 0.3) is 0 Å². The van der Waals surface area contributed by atoms with Crippen LogP contribution in [0.3, 0.4) is 0 Å². The summed E-state index contributed by atoms with van der Waals surface area (Å²) in [6, 6.07) is 0. The number of hydrogen-bond acceptors (Lipinski definition) is 6. The third-order valence-corrected chi connectivity index (χ3v) is 16.2. The quantitative estimate of drug-likeness (QED) is 0.0261. The fraction of sp³-hybridized carbons (Fsp3) is 0.805. The highest BCUT2D eigenvalue weighted by molar-refractivity contribution is 5.71. The van der Waals surface area contributed by atoms with Crippen LogP contribution in [0.5, 0.6) is 0 Å². The molecule has 0 aliphatic rings. The van der Waals surface area contributed by atoms with Gasteiger partial charge in [-0.25, -0.2) is 0 Å². The van der Waals surface area contributed by atoms with E-state index < -0.39 is 6.10 Å². The number of allylic oxidation sites excluding steroid dienone is 12. The summed E-state index contributed by atoms with van der Waals surface area (Å²) in [7, 11) is 0. The largest absolute Gasteiger partial charge is 0.462 e. The molecule has 1 atom stereocenters. The highest BCUT2D eigenvalue weighted by atomic mass is 16.6. The zero-order valence-electron chi connectivity index (χ0n) is 55.5. The van der Waals surface area contributed by atoms with Gasteiger partial charge in [0.2, 0.25) is 0 Å². The smallest absolute Gasteiger partial charge is 0.306 e. The molecule has 0 heterocycles. The van der Waals surface area contributed by atoms with Crippen LogP contribution < -0.4 is 0 Å². The predicted octanol–water partition coefficient (Wildman–Crippen LogP) is 25.2. The Labute approximate surface area is 516 Å². The second kappa shape index (κ2) is 71.3. The van der Waals surface area contributed by atoms with E-state index in [2.05, 4.69) is 93.7 Å². The van der Waals surface area contributed by atoms with E-state index >= 15 is 0 Å². The highest BCUT2D eigenvalue weighted by Crippen LogP contribution is 2.19. The fourth-order valence-corrected chi connectivity index (χ4v) is 10.8. The van der Waals surface area contributed by atoms with Crippen molar-refractivity contribution in [2.75, 3.05) is 13.2 Å².